The van der Waals surface area contributed by atoms with E-state index in [0.717, 1.165) is 0 Å². The van der Waals surface area contributed by atoms with Crippen molar-refractivity contribution in [3.8, 4) is 0 Å². The molecule has 0 aliphatic carbocycles. The Kier molecular flexibility index (Phi) is 2.62. The molecule has 5 nitrogen and oxygen atoms in total. The van der Waals surface area contributed by atoms with Crippen molar-refractivity contribution in [1.29, 1.82) is 5.41 Å². The second-order valence-electron chi connectivity index (χ2n) is 2.59. The molecule has 0 aliphatic rings. The molecule has 0 saturated carbocycles. The average molecular weight is 192 g/mol. The second-order valence-corrected chi connectivity index (χ2v) is 2.59. The van der Waals surface area contributed by atoms with Crippen LogP contribution in [-0.4, -0.2) is 22.7 Å². The van der Waals surface area contributed by atoms with E-state index >= 15 is 0 Å². The molecule has 0 unspecified atom stereocenters. The molecule has 0 aliphatic heterocycles. The van der Waals surface area contributed by atoms with Crippen LogP contribution in [0.3, 0.4) is 0 Å². The number of benzene rings is 1. The number of Topliss-reactive ketones (excluding diaryl/α,β-unsaturated/α-hetero) is 1. The van der Waals surface area contributed by atoms with Gasteiger partial charge in [0, 0.05) is 5.56 Å². The minimum absolute atomic E-state index is 0.0625. The number of rotatable bonds is 3. The SMILES string of the molecule is N=C(N)C(=O)c1ccccc1C(=O)O. The Morgan fingerprint density at radius 1 is 1.21 bits per heavy atom. The third-order valence-electron chi connectivity index (χ3n) is 1.65. The fourth-order valence-corrected chi connectivity index (χ4v) is 1.01. The number of carboxylic acids is 1. The maximum Gasteiger partial charge on any atom is 0.336 e. The van der Waals surface area contributed by atoms with Crippen LogP contribution in [0.25, 0.3) is 0 Å². The van der Waals surface area contributed by atoms with Gasteiger partial charge in [-0.2, -0.15) is 0 Å². The molecule has 14 heavy (non-hydrogen) atoms. The molecular weight excluding hydrogens is 184 g/mol. The number of hydrogen-bond donors (Lipinski definition) is 3. The Morgan fingerprint density at radius 3 is 2.14 bits per heavy atom. The third kappa shape index (κ3) is 1.77. The number of carbonyl (C=O) groups is 2. The lowest BCUT2D eigenvalue weighted by atomic mass is 10.0. The van der Waals surface area contributed by atoms with Crippen molar-refractivity contribution in [3.63, 3.8) is 0 Å². The predicted octanol–water partition coefficient (Wildman–Crippen LogP) is 0.503. The van der Waals surface area contributed by atoms with Crippen molar-refractivity contribution in [2.75, 3.05) is 0 Å². The van der Waals surface area contributed by atoms with E-state index < -0.39 is 17.6 Å². The van der Waals surface area contributed by atoms with Gasteiger partial charge in [0.1, 0.15) is 0 Å². The summed E-state index contributed by atoms with van der Waals surface area (Å²) in [5, 5.41) is 15.6. The van der Waals surface area contributed by atoms with E-state index in [4.69, 9.17) is 16.2 Å². The molecule has 0 radical (unpaired) electrons. The Hall–Kier alpha value is -2.17. The van der Waals surface area contributed by atoms with Gasteiger partial charge in [0.2, 0.25) is 5.78 Å². The zero-order chi connectivity index (χ0) is 10.7. The lowest BCUT2D eigenvalue weighted by Gasteiger charge is -2.02. The fourth-order valence-electron chi connectivity index (χ4n) is 1.01. The van der Waals surface area contributed by atoms with Crippen LogP contribution in [-0.2, 0) is 0 Å². The maximum atomic E-state index is 11.3. The average Bonchev–Trinajstić information content (AvgIpc) is 2.16. The molecular formula is C9H8N2O3. The molecule has 0 bridgehead atoms. The van der Waals surface area contributed by atoms with E-state index in [-0.39, 0.29) is 11.1 Å². The Balaban J connectivity index is 3.27. The molecule has 1 aromatic carbocycles. The highest BCUT2D eigenvalue weighted by molar-refractivity contribution is 6.44. The number of carboxylic acid groups (broad SMARTS) is 1. The van der Waals surface area contributed by atoms with Gasteiger partial charge < -0.3 is 10.8 Å². The molecule has 0 spiro atoms. The molecule has 5 heteroatoms. The van der Waals surface area contributed by atoms with Gasteiger partial charge >= 0.3 is 5.97 Å². The molecule has 0 atom stereocenters. The summed E-state index contributed by atoms with van der Waals surface area (Å²) in [5.74, 6) is -2.66. The molecule has 1 rings (SSSR count). The number of ketones is 1. The van der Waals surface area contributed by atoms with Crippen molar-refractivity contribution in [2.45, 2.75) is 0 Å². The van der Waals surface area contributed by atoms with Crippen LogP contribution in [0.5, 0.6) is 0 Å². The van der Waals surface area contributed by atoms with Gasteiger partial charge in [0.15, 0.2) is 5.84 Å². The van der Waals surface area contributed by atoms with Crippen LogP contribution in [0.1, 0.15) is 20.7 Å². The van der Waals surface area contributed by atoms with Crippen LogP contribution in [0.15, 0.2) is 24.3 Å². The summed E-state index contributed by atoms with van der Waals surface area (Å²) >= 11 is 0. The van der Waals surface area contributed by atoms with E-state index in [1.807, 2.05) is 0 Å². The number of amidine groups is 1. The number of aromatic carboxylic acids is 1. The molecule has 72 valence electrons. The van der Waals surface area contributed by atoms with Gasteiger partial charge in [-0.1, -0.05) is 18.2 Å². The van der Waals surface area contributed by atoms with Gasteiger partial charge in [0.05, 0.1) is 5.56 Å². The fraction of sp³-hybridized carbons (Fsp3) is 0. The second kappa shape index (κ2) is 3.69. The molecule has 1 aromatic rings. The first-order chi connectivity index (χ1) is 6.54. The van der Waals surface area contributed by atoms with Crippen molar-refractivity contribution < 1.29 is 14.7 Å². The normalized spacial score (nSPS) is 9.43. The first-order valence-corrected chi connectivity index (χ1v) is 3.75. The molecule has 0 saturated heterocycles. The van der Waals surface area contributed by atoms with E-state index in [0.29, 0.717) is 0 Å². The zero-order valence-electron chi connectivity index (χ0n) is 7.15. The molecule has 4 N–H and O–H groups in total. The monoisotopic (exact) mass is 192 g/mol. The summed E-state index contributed by atoms with van der Waals surface area (Å²) in [6.07, 6.45) is 0. The lowest BCUT2D eigenvalue weighted by Crippen LogP contribution is -2.24. The summed E-state index contributed by atoms with van der Waals surface area (Å²) in [4.78, 5) is 21.9. The number of nitrogens with one attached hydrogen (secondary N) is 1. The van der Waals surface area contributed by atoms with Crippen LogP contribution < -0.4 is 5.73 Å². The quantitative estimate of drug-likeness (QED) is 0.368. The van der Waals surface area contributed by atoms with Gasteiger partial charge in [0.25, 0.3) is 0 Å². The van der Waals surface area contributed by atoms with Gasteiger partial charge in [-0.3, -0.25) is 10.2 Å². The Bertz CT molecular complexity index is 412. The van der Waals surface area contributed by atoms with E-state index in [1.54, 1.807) is 0 Å². The van der Waals surface area contributed by atoms with Crippen molar-refractivity contribution >= 4 is 17.6 Å². The number of hydrogen-bond acceptors (Lipinski definition) is 3. The van der Waals surface area contributed by atoms with E-state index in [2.05, 4.69) is 0 Å². The summed E-state index contributed by atoms with van der Waals surface area (Å²) in [7, 11) is 0. The minimum Gasteiger partial charge on any atom is -0.478 e. The van der Waals surface area contributed by atoms with Crippen molar-refractivity contribution in [1.82, 2.24) is 0 Å². The topological polar surface area (TPSA) is 104 Å². The highest BCUT2D eigenvalue weighted by Gasteiger charge is 2.17. The first kappa shape index (κ1) is 9.91. The highest BCUT2D eigenvalue weighted by atomic mass is 16.4. The summed E-state index contributed by atoms with van der Waals surface area (Å²) in [6.45, 7) is 0. The highest BCUT2D eigenvalue weighted by Crippen LogP contribution is 2.09. The van der Waals surface area contributed by atoms with Gasteiger partial charge in [-0.05, 0) is 6.07 Å². The summed E-state index contributed by atoms with van der Waals surface area (Å²) in [6, 6.07) is 5.63. The smallest absolute Gasteiger partial charge is 0.336 e. The largest absolute Gasteiger partial charge is 0.478 e. The third-order valence-corrected chi connectivity index (χ3v) is 1.65. The lowest BCUT2D eigenvalue weighted by molar-refractivity contribution is 0.0693. The number of nitrogens with two attached hydrogens (primary N) is 1. The first-order valence-electron chi connectivity index (χ1n) is 3.75. The zero-order valence-corrected chi connectivity index (χ0v) is 7.15. The Morgan fingerprint density at radius 2 is 1.71 bits per heavy atom. The van der Waals surface area contributed by atoms with Crippen LogP contribution in [0, 0.1) is 5.41 Å². The van der Waals surface area contributed by atoms with Crippen molar-refractivity contribution in [3.05, 3.63) is 35.4 Å². The summed E-state index contributed by atoms with van der Waals surface area (Å²) in [5.41, 5.74) is 4.77. The molecule has 0 aromatic heterocycles. The van der Waals surface area contributed by atoms with Gasteiger partial charge in [-0.25, -0.2) is 4.79 Å². The predicted molar refractivity (Wildman–Crippen MR) is 49.6 cm³/mol. The van der Waals surface area contributed by atoms with E-state index in [9.17, 15) is 9.59 Å². The molecule has 0 amide bonds. The van der Waals surface area contributed by atoms with E-state index in [1.165, 1.54) is 24.3 Å². The van der Waals surface area contributed by atoms with Crippen LogP contribution >= 0.6 is 0 Å². The summed E-state index contributed by atoms with van der Waals surface area (Å²) < 4.78 is 0. The molecule has 0 heterocycles. The minimum atomic E-state index is -1.21. The van der Waals surface area contributed by atoms with Crippen LogP contribution in [0.2, 0.25) is 0 Å². The van der Waals surface area contributed by atoms with Crippen molar-refractivity contribution in [2.24, 2.45) is 5.73 Å². The Labute approximate surface area is 79.7 Å². The van der Waals surface area contributed by atoms with Gasteiger partial charge in [-0.15, -0.1) is 0 Å². The van der Waals surface area contributed by atoms with Crippen LogP contribution in [0.4, 0.5) is 0 Å². The maximum absolute atomic E-state index is 11.3. The standard InChI is InChI=1S/C9H8N2O3/c10-8(11)7(12)5-3-1-2-4-6(5)9(13)14/h1-4H,(H3,10,11)(H,13,14). The molecule has 0 fully saturated rings. The number of carbonyl (C=O) groups excluding carboxylic acids is 1.